The largest absolute Gasteiger partial charge is 0.504 e. The van der Waals surface area contributed by atoms with Crippen LogP contribution in [0.15, 0.2) is 54.6 Å². The summed E-state index contributed by atoms with van der Waals surface area (Å²) in [6.45, 7) is 4.04. The van der Waals surface area contributed by atoms with E-state index in [1.165, 1.54) is 82.3 Å². The molecule has 0 saturated carbocycles. The molecule has 0 spiro atoms. The molecule has 72 heavy (non-hydrogen) atoms. The average Bonchev–Trinajstić information content (AvgIpc) is 3.31. The fraction of sp³-hybridized carbons (Fsp3) is 0.413. The number of nitrogen functional groups attached to an aromatic ring is 1. The lowest BCUT2D eigenvalue weighted by atomic mass is 9.93. The number of anilines is 1. The second-order valence-corrected chi connectivity index (χ2v) is 18.7. The van der Waals surface area contributed by atoms with Gasteiger partial charge >= 0.3 is 5.97 Å². The van der Waals surface area contributed by atoms with Crippen molar-refractivity contribution in [3.63, 3.8) is 0 Å². The fourth-order valence-corrected chi connectivity index (χ4v) is 7.89. The van der Waals surface area contributed by atoms with Gasteiger partial charge in [0.1, 0.15) is 54.0 Å². The van der Waals surface area contributed by atoms with Crippen LogP contribution in [0.4, 0.5) is 14.6 Å². The summed E-state index contributed by atoms with van der Waals surface area (Å²) >= 11 is 0. The first-order valence-corrected chi connectivity index (χ1v) is 24.0. The van der Waals surface area contributed by atoms with Crippen LogP contribution < -0.4 is 52.5 Å². The Kier molecular flexibility index (Phi) is 18.2. The highest BCUT2D eigenvalue weighted by Gasteiger charge is 2.38. The van der Waals surface area contributed by atoms with Gasteiger partial charge in [0.25, 0.3) is 22.0 Å². The molecule has 1 aliphatic heterocycles. The average molecular weight is 1030 g/mol. The maximum absolute atomic E-state index is 14.8. The van der Waals surface area contributed by atoms with E-state index in [0.29, 0.717) is 5.56 Å². The molecule has 390 valence electrons. The summed E-state index contributed by atoms with van der Waals surface area (Å²) in [7, 11) is -3.46. The number of alkyl halides is 2. The first-order valence-electron chi connectivity index (χ1n) is 22.4. The normalized spacial score (nSPS) is 17.2. The second-order valence-electron chi connectivity index (χ2n) is 17.3. The Bertz CT molecular complexity index is 2760. The Labute approximate surface area is 413 Å². The van der Waals surface area contributed by atoms with Crippen LogP contribution in [0.25, 0.3) is 22.5 Å². The smallest absolute Gasteiger partial charge is 0.326 e. The number of fused-ring (bicyclic) bond motifs is 5. The molecule has 5 rings (SSSR count). The molecule has 0 saturated heterocycles. The zero-order valence-electron chi connectivity index (χ0n) is 39.9. The monoisotopic (exact) mass is 1030 g/mol. The highest BCUT2D eigenvalue weighted by atomic mass is 32.2. The highest BCUT2D eigenvalue weighted by molar-refractivity contribution is 7.87. The van der Waals surface area contributed by atoms with E-state index in [-0.39, 0.29) is 95.5 Å². The molecule has 4 bridgehead atoms. The molecule has 26 heteroatoms. The molecule has 5 atom stereocenters. The van der Waals surface area contributed by atoms with Crippen molar-refractivity contribution in [2.24, 2.45) is 22.5 Å². The van der Waals surface area contributed by atoms with Gasteiger partial charge in [-0.3, -0.25) is 19.2 Å². The molecule has 1 aromatic heterocycles. The molecule has 3 aromatic carbocycles. The van der Waals surface area contributed by atoms with Crippen molar-refractivity contribution in [3.05, 3.63) is 82.5 Å². The summed E-state index contributed by atoms with van der Waals surface area (Å²) in [4.78, 5) is 79.0. The number of phenols is 1. The number of carbonyl (C=O) groups excluding carboxylic acids is 4. The van der Waals surface area contributed by atoms with E-state index in [9.17, 15) is 56.5 Å². The number of carboxylic acid groups (broad SMARTS) is 1. The van der Waals surface area contributed by atoms with Crippen molar-refractivity contribution in [2.75, 3.05) is 45.6 Å². The lowest BCUT2D eigenvalue weighted by molar-refractivity contribution is -0.143. The van der Waals surface area contributed by atoms with Crippen LogP contribution in [0.5, 0.6) is 17.2 Å². The number of carboxylic acids is 1. The van der Waals surface area contributed by atoms with Crippen molar-refractivity contribution in [1.82, 2.24) is 35.5 Å². The predicted octanol–water partition coefficient (Wildman–Crippen LogP) is 0.302. The first-order chi connectivity index (χ1) is 33.8. The first kappa shape index (κ1) is 55.8. The van der Waals surface area contributed by atoms with Gasteiger partial charge in [-0.1, -0.05) is 44.2 Å². The number of aromatic hydroxyl groups is 1. The third-order valence-electron chi connectivity index (χ3n) is 11.5. The molecular formula is C46H59F2N11O12S. The molecule has 4 amide bonds. The van der Waals surface area contributed by atoms with Crippen molar-refractivity contribution in [1.29, 1.82) is 0 Å². The number of ether oxygens (including phenoxy) is 2. The summed E-state index contributed by atoms with van der Waals surface area (Å²) in [5.41, 5.74) is 17.4. The van der Waals surface area contributed by atoms with Crippen molar-refractivity contribution >= 4 is 45.6 Å². The molecule has 2 heterocycles. The van der Waals surface area contributed by atoms with Gasteiger partial charge in [-0.2, -0.15) is 13.1 Å². The number of aromatic nitrogens is 2. The van der Waals surface area contributed by atoms with Gasteiger partial charge in [-0.05, 0) is 62.2 Å². The van der Waals surface area contributed by atoms with Crippen LogP contribution in [-0.2, 0) is 41.7 Å². The zero-order chi connectivity index (χ0) is 53.4. The van der Waals surface area contributed by atoms with Crippen molar-refractivity contribution in [2.45, 2.75) is 76.7 Å². The van der Waals surface area contributed by atoms with Crippen LogP contribution in [0.1, 0.15) is 66.0 Å². The van der Waals surface area contributed by atoms with Crippen molar-refractivity contribution in [3.8, 4) is 39.8 Å². The summed E-state index contributed by atoms with van der Waals surface area (Å²) in [5.74, 6) is -11.0. The number of hydrogen-bond donors (Lipinski definition) is 11. The number of amides is 4. The predicted molar refractivity (Wildman–Crippen MR) is 257 cm³/mol. The molecule has 0 unspecified atom stereocenters. The minimum absolute atomic E-state index is 0.0290. The molecule has 4 aromatic rings. The summed E-state index contributed by atoms with van der Waals surface area (Å²) in [6, 6.07) is 5.26. The number of aliphatic hydroxyl groups excluding tert-OH is 1. The van der Waals surface area contributed by atoms with Crippen LogP contribution in [-0.4, -0.2) is 132 Å². The minimum Gasteiger partial charge on any atom is -0.504 e. The van der Waals surface area contributed by atoms with Gasteiger partial charge < -0.3 is 62.8 Å². The summed E-state index contributed by atoms with van der Waals surface area (Å²) in [6.07, 6.45) is -1.15. The SMILES string of the molecule is Cc1nc(-c2ccc(C(F)(F)C(C)C)cc2)nc(N)c1C(=O)N[C@@H](CNS(N)(=O)=O)C(=O)N(C)[C@@H]1C(=O)N[C@@H](C)C(=O)N[C@H](C(=O)O)Cc2ccc(OC[C@H](O)CN)c(c2)-c2cc1cc(OCCCN)c2O. The highest BCUT2D eigenvalue weighted by Crippen LogP contribution is 2.45. The van der Waals surface area contributed by atoms with E-state index in [0.717, 1.165) is 11.9 Å². The molecule has 23 nitrogen and oxygen atoms in total. The quantitative estimate of drug-likeness (QED) is 0.0563. The second kappa shape index (κ2) is 23.4. The maximum atomic E-state index is 14.8. The van der Waals surface area contributed by atoms with Gasteiger partial charge in [0.2, 0.25) is 17.7 Å². The zero-order valence-corrected chi connectivity index (χ0v) is 40.8. The van der Waals surface area contributed by atoms with Gasteiger partial charge in [-0.25, -0.2) is 28.7 Å². The number of rotatable bonds is 19. The number of nitrogens with zero attached hydrogens (tertiary/aromatic N) is 3. The number of nitrogens with two attached hydrogens (primary N) is 4. The Morgan fingerprint density at radius 2 is 1.67 bits per heavy atom. The Morgan fingerprint density at radius 3 is 2.26 bits per heavy atom. The number of likely N-dealkylation sites (N-methyl/N-ethyl adjacent to an activating group) is 1. The van der Waals surface area contributed by atoms with Gasteiger partial charge in [0.05, 0.1) is 12.3 Å². The fourth-order valence-electron chi connectivity index (χ4n) is 7.49. The lowest BCUT2D eigenvalue weighted by Crippen LogP contribution is -2.57. The number of benzene rings is 3. The van der Waals surface area contributed by atoms with Gasteiger partial charge in [0, 0.05) is 54.7 Å². The van der Waals surface area contributed by atoms with Crippen LogP contribution in [0, 0.1) is 12.8 Å². The third-order valence-corrected chi connectivity index (χ3v) is 12.1. The lowest BCUT2D eigenvalue weighted by Gasteiger charge is -2.33. The summed E-state index contributed by atoms with van der Waals surface area (Å²) < 4.78 is 67.7. The third kappa shape index (κ3) is 13.4. The Morgan fingerprint density at radius 1 is 0.986 bits per heavy atom. The number of aryl methyl sites for hydroxylation is 1. The van der Waals surface area contributed by atoms with E-state index in [4.69, 9.17) is 31.8 Å². The van der Waals surface area contributed by atoms with Crippen LogP contribution in [0.2, 0.25) is 0 Å². The van der Waals surface area contributed by atoms with E-state index in [1.807, 2.05) is 4.72 Å². The van der Waals surface area contributed by atoms with E-state index in [2.05, 4.69) is 25.9 Å². The molecule has 15 N–H and O–H groups in total. The number of nitrogens with one attached hydrogen (secondary N) is 4. The number of carbonyl (C=O) groups is 5. The molecular weight excluding hydrogens is 969 g/mol. The molecule has 0 aliphatic carbocycles. The Hall–Kier alpha value is -7.10. The van der Waals surface area contributed by atoms with Crippen LogP contribution in [0.3, 0.4) is 0 Å². The number of hydrogen-bond acceptors (Lipinski definition) is 16. The number of phenolic OH excluding ortho intramolecular Hbond substituents is 1. The number of halogens is 2. The number of aliphatic hydroxyl groups is 1. The standard InChI is InChI=1S/C46H59F2N11O12S/c1-22(2)46(47,48)28-10-8-26(9-11-28)40-54-23(3)36(39(51)58-40)42(63)57-33(20-53-72(52,68)69)44(65)59(5)37-27-17-31(38(61)35(18-27)70-14-6-13-49)30-15-25(7-12-34(30)71-21-29(60)19-50)16-32(45(66)67)56-41(62)24(4)55-43(37)64/h7-12,15,17-18,22,24,29,32-33,37,53,60-61H,6,13-14,16,19-21,49-50H2,1-5H3,(H,55,64)(H,56,62)(H,57,63)(H,66,67)(H2,51,54,58)(H2,52,68,69)/t24-,29+,32-,33-,37-/m0/s1. The van der Waals surface area contributed by atoms with Crippen LogP contribution >= 0.6 is 0 Å². The maximum Gasteiger partial charge on any atom is 0.326 e. The molecule has 0 fully saturated rings. The van der Waals surface area contributed by atoms with E-state index < -0.39 is 100 Å². The Balaban J connectivity index is 1.64. The van der Waals surface area contributed by atoms with E-state index >= 15 is 0 Å². The number of aliphatic carboxylic acids is 1. The topological polar surface area (TPSA) is 380 Å². The van der Waals surface area contributed by atoms with Gasteiger partial charge in [-0.15, -0.1) is 0 Å². The summed E-state index contributed by atoms with van der Waals surface area (Å²) in [5, 5.41) is 44.8. The minimum atomic E-state index is -4.57. The molecule has 0 radical (unpaired) electrons. The van der Waals surface area contributed by atoms with Crippen molar-refractivity contribution < 1.29 is 66.0 Å². The van der Waals surface area contributed by atoms with Gasteiger partial charge in [0.15, 0.2) is 17.3 Å². The molecule has 1 aliphatic rings. The van der Waals surface area contributed by atoms with E-state index in [1.54, 1.807) is 0 Å².